The summed E-state index contributed by atoms with van der Waals surface area (Å²) in [5.41, 5.74) is 7.58. The maximum absolute atomic E-state index is 15.4. The number of benzene rings is 3. The van der Waals surface area contributed by atoms with Crippen LogP contribution >= 0.6 is 0 Å². The van der Waals surface area contributed by atoms with Gasteiger partial charge in [0, 0.05) is 13.0 Å². The number of alkyl halides is 1. The number of carbonyl (C=O) groups is 2. The molecule has 3 N–H and O–H groups in total. The van der Waals surface area contributed by atoms with Crippen LogP contribution in [0, 0.1) is 0 Å². The minimum Gasteiger partial charge on any atom is -0.497 e. The van der Waals surface area contributed by atoms with Crippen molar-refractivity contribution in [1.82, 2.24) is 10.2 Å². The van der Waals surface area contributed by atoms with E-state index >= 15 is 4.39 Å². The van der Waals surface area contributed by atoms with E-state index in [0.717, 1.165) is 16.7 Å². The van der Waals surface area contributed by atoms with E-state index in [4.69, 9.17) is 24.7 Å². The normalized spacial score (nSPS) is 23.1. The van der Waals surface area contributed by atoms with E-state index in [0.29, 0.717) is 11.5 Å². The number of nitrogens with two attached hydrogens (primary N) is 1. The van der Waals surface area contributed by atoms with Gasteiger partial charge in [0.15, 0.2) is 12.4 Å². The summed E-state index contributed by atoms with van der Waals surface area (Å²) in [6.07, 6.45) is -3.71. The van der Waals surface area contributed by atoms with Gasteiger partial charge in [-0.1, -0.05) is 54.6 Å². The molecule has 0 spiro atoms. The maximum atomic E-state index is 15.4. The zero-order valence-electron chi connectivity index (χ0n) is 22.3. The number of urea groups is 1. The molecule has 2 aliphatic rings. The summed E-state index contributed by atoms with van der Waals surface area (Å²) in [6.45, 7) is -0.0405. The average Bonchev–Trinajstić information content (AvgIpc) is 3.27. The number of halogens is 1. The number of hydrogen-bond donors (Lipinski definition) is 2. The fraction of sp³-hybridized carbons (Fsp3) is 0.333. The third kappa shape index (κ3) is 5.13. The molecule has 0 unspecified atom stereocenters. The minimum atomic E-state index is -1.67. The van der Waals surface area contributed by atoms with Crippen molar-refractivity contribution in [1.29, 1.82) is 0 Å². The standard InChI is InChI=1S/C30H32FN3O6/c1-37-22-12-8-20(9-13-22)30(19-6-4-3-5-7-19,21-10-14-23(38-2)15-11-21)39-18-24-27(32)26(31)28(40-24)34-17-16-25(35)33-29(34)36/h3-15,24,26-28H,16-18,32H2,1-2H3,(H,33,35,36)/t24-,26-,27-,28-/m1/s1. The fourth-order valence-corrected chi connectivity index (χ4v) is 5.24. The zero-order chi connectivity index (χ0) is 28.3. The smallest absolute Gasteiger partial charge is 0.326 e. The van der Waals surface area contributed by atoms with Gasteiger partial charge in [-0.15, -0.1) is 0 Å². The van der Waals surface area contributed by atoms with Gasteiger partial charge in [-0.05, 0) is 41.0 Å². The van der Waals surface area contributed by atoms with Gasteiger partial charge >= 0.3 is 6.03 Å². The molecule has 40 heavy (non-hydrogen) atoms. The van der Waals surface area contributed by atoms with Crippen molar-refractivity contribution in [2.45, 2.75) is 36.6 Å². The molecule has 4 atom stereocenters. The Kier molecular flexibility index (Phi) is 8.02. The van der Waals surface area contributed by atoms with Crippen LogP contribution in [0.3, 0.4) is 0 Å². The number of nitrogens with one attached hydrogen (secondary N) is 1. The van der Waals surface area contributed by atoms with Crippen molar-refractivity contribution in [3.05, 3.63) is 95.6 Å². The lowest BCUT2D eigenvalue weighted by atomic mass is 9.80. The topological polar surface area (TPSA) is 112 Å². The number of carbonyl (C=O) groups excluding carboxylic acids is 2. The zero-order valence-corrected chi connectivity index (χ0v) is 22.3. The molecule has 2 heterocycles. The second-order valence-corrected chi connectivity index (χ2v) is 9.70. The lowest BCUT2D eigenvalue weighted by Gasteiger charge is -2.37. The summed E-state index contributed by atoms with van der Waals surface area (Å²) in [5, 5.41) is 2.20. The highest BCUT2D eigenvalue weighted by Crippen LogP contribution is 2.42. The van der Waals surface area contributed by atoms with Gasteiger partial charge in [-0.2, -0.15) is 0 Å². The fourth-order valence-electron chi connectivity index (χ4n) is 5.24. The first kappa shape index (κ1) is 27.6. The van der Waals surface area contributed by atoms with E-state index in [1.165, 1.54) is 4.90 Å². The molecule has 3 aromatic carbocycles. The molecule has 2 aliphatic heterocycles. The van der Waals surface area contributed by atoms with Gasteiger partial charge in [0.25, 0.3) is 0 Å². The highest BCUT2D eigenvalue weighted by atomic mass is 19.1. The van der Waals surface area contributed by atoms with Gasteiger partial charge in [0.1, 0.15) is 23.2 Å². The first-order valence-electron chi connectivity index (χ1n) is 13.0. The lowest BCUT2D eigenvalue weighted by molar-refractivity contribution is -0.126. The third-order valence-corrected chi connectivity index (χ3v) is 7.42. The first-order chi connectivity index (χ1) is 19.4. The van der Waals surface area contributed by atoms with Crippen molar-refractivity contribution >= 4 is 11.9 Å². The van der Waals surface area contributed by atoms with Crippen LogP contribution in [0.5, 0.6) is 11.5 Å². The Morgan fingerprint density at radius 1 is 0.925 bits per heavy atom. The van der Waals surface area contributed by atoms with Crippen LogP contribution in [-0.2, 0) is 19.9 Å². The molecular formula is C30H32FN3O6. The largest absolute Gasteiger partial charge is 0.497 e. The van der Waals surface area contributed by atoms with Gasteiger partial charge < -0.3 is 24.7 Å². The number of methoxy groups -OCH3 is 2. The summed E-state index contributed by atoms with van der Waals surface area (Å²) >= 11 is 0. The van der Waals surface area contributed by atoms with E-state index in [9.17, 15) is 9.59 Å². The molecule has 2 fully saturated rings. The molecule has 2 saturated heterocycles. The van der Waals surface area contributed by atoms with Crippen LogP contribution in [0.4, 0.5) is 9.18 Å². The SMILES string of the molecule is COc1ccc(C(OC[C@H]2O[C@@H](N3CCC(=O)NC3=O)[C@H](F)[C@@H]2N)(c2ccccc2)c2ccc(OC)cc2)cc1. The van der Waals surface area contributed by atoms with Crippen LogP contribution in [0.25, 0.3) is 0 Å². The van der Waals surface area contributed by atoms with E-state index in [1.54, 1.807) is 14.2 Å². The molecule has 0 aliphatic carbocycles. The van der Waals surface area contributed by atoms with E-state index < -0.39 is 42.1 Å². The molecule has 3 aromatic rings. The van der Waals surface area contributed by atoms with Gasteiger partial charge in [-0.3, -0.25) is 15.0 Å². The average molecular weight is 550 g/mol. The Bertz CT molecular complexity index is 1270. The van der Waals surface area contributed by atoms with Crippen LogP contribution in [0.2, 0.25) is 0 Å². The second-order valence-electron chi connectivity index (χ2n) is 9.70. The third-order valence-electron chi connectivity index (χ3n) is 7.42. The number of ether oxygens (including phenoxy) is 4. The number of hydrogen-bond acceptors (Lipinski definition) is 7. The van der Waals surface area contributed by atoms with Crippen molar-refractivity contribution in [2.24, 2.45) is 5.73 Å². The monoisotopic (exact) mass is 549 g/mol. The van der Waals surface area contributed by atoms with Gasteiger partial charge in [0.2, 0.25) is 5.91 Å². The Morgan fingerprint density at radius 2 is 1.48 bits per heavy atom. The maximum Gasteiger partial charge on any atom is 0.326 e. The Hall–Kier alpha value is -3.99. The molecule has 5 rings (SSSR count). The van der Waals surface area contributed by atoms with Crippen molar-refractivity contribution in [3.63, 3.8) is 0 Å². The number of nitrogens with zero attached hydrogens (tertiary/aromatic N) is 1. The highest BCUT2D eigenvalue weighted by Gasteiger charge is 2.49. The van der Waals surface area contributed by atoms with Crippen molar-refractivity contribution < 1.29 is 32.9 Å². The number of amides is 3. The van der Waals surface area contributed by atoms with Crippen LogP contribution in [0.1, 0.15) is 23.1 Å². The van der Waals surface area contributed by atoms with Gasteiger partial charge in [0.05, 0.1) is 26.9 Å². The van der Waals surface area contributed by atoms with Crippen molar-refractivity contribution in [2.75, 3.05) is 27.4 Å². The minimum absolute atomic E-state index is 0.0434. The van der Waals surface area contributed by atoms with E-state index in [2.05, 4.69) is 5.32 Å². The Morgan fingerprint density at radius 3 is 2.00 bits per heavy atom. The Balaban J connectivity index is 1.51. The molecule has 3 amide bonds. The van der Waals surface area contributed by atoms with E-state index in [-0.39, 0.29) is 19.6 Å². The van der Waals surface area contributed by atoms with Crippen LogP contribution in [-0.4, -0.2) is 68.8 Å². The number of imide groups is 1. The summed E-state index contributed by atoms with van der Waals surface area (Å²) < 4.78 is 39.0. The second kappa shape index (κ2) is 11.6. The predicted molar refractivity (Wildman–Crippen MR) is 145 cm³/mol. The molecule has 10 heteroatoms. The molecule has 0 bridgehead atoms. The molecule has 0 saturated carbocycles. The predicted octanol–water partition coefficient (Wildman–Crippen LogP) is 3.34. The highest BCUT2D eigenvalue weighted by molar-refractivity contribution is 5.96. The van der Waals surface area contributed by atoms with E-state index in [1.807, 2.05) is 78.9 Å². The van der Waals surface area contributed by atoms with Gasteiger partial charge in [-0.25, -0.2) is 9.18 Å². The quantitative estimate of drug-likeness (QED) is 0.394. The molecule has 0 radical (unpaired) electrons. The first-order valence-corrected chi connectivity index (χ1v) is 13.0. The van der Waals surface area contributed by atoms with Crippen LogP contribution in [0.15, 0.2) is 78.9 Å². The summed E-state index contributed by atoms with van der Waals surface area (Å²) in [4.78, 5) is 25.1. The molecular weight excluding hydrogens is 517 g/mol. The Labute approximate surface area is 232 Å². The molecule has 9 nitrogen and oxygen atoms in total. The summed E-state index contributed by atoms with van der Waals surface area (Å²) in [7, 11) is 3.20. The van der Waals surface area contributed by atoms with Crippen LogP contribution < -0.4 is 20.5 Å². The summed E-state index contributed by atoms with van der Waals surface area (Å²) in [5.74, 6) is 0.955. The molecule has 210 valence electrons. The lowest BCUT2D eigenvalue weighted by Crippen LogP contribution is -2.56. The number of rotatable bonds is 9. The summed E-state index contributed by atoms with van der Waals surface area (Å²) in [6, 6.07) is 23.0. The molecule has 0 aromatic heterocycles. The van der Waals surface area contributed by atoms with Crippen molar-refractivity contribution in [3.8, 4) is 11.5 Å².